The summed E-state index contributed by atoms with van der Waals surface area (Å²) in [5.74, 6) is 0.229. The van der Waals surface area contributed by atoms with E-state index in [2.05, 4.69) is 39.3 Å². The molecule has 0 radical (unpaired) electrons. The second-order valence-electron chi connectivity index (χ2n) is 7.81. The molecule has 9 heteroatoms. The Labute approximate surface area is 201 Å². The van der Waals surface area contributed by atoms with Gasteiger partial charge in [-0.05, 0) is 60.3 Å². The lowest BCUT2D eigenvalue weighted by atomic mass is 9.93. The maximum atomic E-state index is 13.1. The molecule has 0 unspecified atom stereocenters. The Balaban J connectivity index is 1.42. The molecule has 168 valence electrons. The van der Waals surface area contributed by atoms with Crippen LogP contribution >= 0.6 is 23.2 Å². The Morgan fingerprint density at radius 2 is 2.09 bits per heavy atom. The third-order valence-electron chi connectivity index (χ3n) is 5.69. The van der Waals surface area contributed by atoms with Gasteiger partial charge in [-0.3, -0.25) is 9.69 Å². The van der Waals surface area contributed by atoms with Crippen molar-refractivity contribution in [2.45, 2.75) is 19.4 Å². The van der Waals surface area contributed by atoms with E-state index >= 15 is 0 Å². The summed E-state index contributed by atoms with van der Waals surface area (Å²) in [6.07, 6.45) is 5.15. The van der Waals surface area contributed by atoms with Crippen molar-refractivity contribution in [3.63, 3.8) is 0 Å². The number of para-hydroxylation sites is 1. The van der Waals surface area contributed by atoms with Gasteiger partial charge in [-0.15, -0.1) is 6.58 Å². The maximum absolute atomic E-state index is 13.1. The Bertz CT molecular complexity index is 1240. The van der Waals surface area contributed by atoms with Crippen molar-refractivity contribution in [2.24, 2.45) is 0 Å². The van der Waals surface area contributed by atoms with Gasteiger partial charge in [0.05, 0.1) is 15.7 Å². The predicted molar refractivity (Wildman–Crippen MR) is 130 cm³/mol. The van der Waals surface area contributed by atoms with Crippen molar-refractivity contribution >= 4 is 46.4 Å². The molecule has 0 spiro atoms. The number of nitrogens with one attached hydrogen (secondary N) is 2. The van der Waals surface area contributed by atoms with E-state index in [4.69, 9.17) is 27.9 Å². The van der Waals surface area contributed by atoms with Gasteiger partial charge in [0.15, 0.2) is 6.73 Å². The number of amides is 1. The van der Waals surface area contributed by atoms with E-state index in [9.17, 15) is 4.79 Å². The van der Waals surface area contributed by atoms with E-state index in [1.807, 2.05) is 6.08 Å². The summed E-state index contributed by atoms with van der Waals surface area (Å²) in [6, 6.07) is 9.26. The third-order valence-corrected chi connectivity index (χ3v) is 6.30. The summed E-state index contributed by atoms with van der Waals surface area (Å²) in [5, 5.41) is 7.38. The maximum Gasteiger partial charge on any atom is 0.268 e. The number of halogens is 2. The van der Waals surface area contributed by atoms with Crippen LogP contribution in [0.3, 0.4) is 0 Å². The van der Waals surface area contributed by atoms with Gasteiger partial charge in [0.1, 0.15) is 5.56 Å². The van der Waals surface area contributed by atoms with Crippen LogP contribution in [-0.2, 0) is 19.4 Å². The van der Waals surface area contributed by atoms with Crippen LogP contribution in [-0.4, -0.2) is 29.2 Å². The highest BCUT2D eigenvalue weighted by molar-refractivity contribution is 6.40. The van der Waals surface area contributed by atoms with Crippen molar-refractivity contribution in [1.29, 1.82) is 0 Å². The fraction of sp³-hybridized carbons (Fsp3) is 0.208. The minimum atomic E-state index is -0.328. The lowest BCUT2D eigenvalue weighted by Gasteiger charge is -2.29. The van der Waals surface area contributed by atoms with E-state index in [1.165, 1.54) is 27.8 Å². The zero-order chi connectivity index (χ0) is 22.9. The molecule has 0 aliphatic carbocycles. The Morgan fingerprint density at radius 1 is 1.27 bits per heavy atom. The average Bonchev–Trinajstić information content (AvgIpc) is 2.80. The average molecular weight is 482 g/mol. The Kier molecular flexibility index (Phi) is 5.93. The van der Waals surface area contributed by atoms with Crippen LogP contribution in [0.4, 0.5) is 17.3 Å². The third kappa shape index (κ3) is 4.15. The lowest BCUT2D eigenvalue weighted by Crippen LogP contribution is -2.39. The molecular formula is C24H21Cl2N5O2. The van der Waals surface area contributed by atoms with Gasteiger partial charge >= 0.3 is 0 Å². The molecule has 3 heterocycles. The summed E-state index contributed by atoms with van der Waals surface area (Å²) in [6.45, 7) is 5.62. The van der Waals surface area contributed by atoms with E-state index in [0.29, 0.717) is 21.7 Å². The monoisotopic (exact) mass is 481 g/mol. The molecule has 1 amide bonds. The minimum Gasteiger partial charge on any atom is -0.455 e. The largest absolute Gasteiger partial charge is 0.455 e. The normalized spacial score (nSPS) is 14.8. The topological polar surface area (TPSA) is 79.4 Å². The Hall–Kier alpha value is -3.13. The number of nitrogens with zero attached hydrogens (tertiary/aromatic N) is 3. The molecule has 0 saturated heterocycles. The van der Waals surface area contributed by atoms with Crippen molar-refractivity contribution < 1.29 is 9.53 Å². The number of rotatable bonds is 5. The molecule has 3 aromatic rings. The number of fused-ring (bicyclic) bond motifs is 2. The van der Waals surface area contributed by atoms with Crippen LogP contribution < -0.4 is 20.3 Å². The van der Waals surface area contributed by atoms with Gasteiger partial charge in [0, 0.05) is 18.4 Å². The lowest BCUT2D eigenvalue weighted by molar-refractivity contribution is 0.0932. The highest BCUT2D eigenvalue weighted by atomic mass is 35.5. The zero-order valence-electron chi connectivity index (χ0n) is 17.7. The summed E-state index contributed by atoms with van der Waals surface area (Å²) in [7, 11) is 0. The molecule has 0 saturated carbocycles. The zero-order valence-corrected chi connectivity index (χ0v) is 19.2. The quantitative estimate of drug-likeness (QED) is 0.504. The minimum absolute atomic E-state index is 0.0558. The number of carbonyl (C=O) groups is 1. The van der Waals surface area contributed by atoms with Crippen LogP contribution in [0, 0.1) is 0 Å². The van der Waals surface area contributed by atoms with Crippen LogP contribution in [0.1, 0.15) is 27.0 Å². The highest BCUT2D eigenvalue weighted by Crippen LogP contribution is 2.37. The Morgan fingerprint density at radius 3 is 2.88 bits per heavy atom. The van der Waals surface area contributed by atoms with E-state index in [1.54, 1.807) is 18.2 Å². The first-order valence-corrected chi connectivity index (χ1v) is 11.3. The van der Waals surface area contributed by atoms with E-state index in [-0.39, 0.29) is 24.1 Å². The molecule has 33 heavy (non-hydrogen) atoms. The number of benzene rings is 2. The molecule has 0 atom stereocenters. The fourth-order valence-electron chi connectivity index (χ4n) is 4.18. The number of hydrogen-bond donors (Lipinski definition) is 2. The molecule has 7 nitrogen and oxygen atoms in total. The SMILES string of the molecule is C=CCc1cc(Nc2ncc3c(n2)OCN(c2c(Cl)cccc2Cl)C3=O)cc2c1CCNC2. The van der Waals surface area contributed by atoms with Crippen LogP contribution in [0.25, 0.3) is 0 Å². The van der Waals surface area contributed by atoms with Crippen molar-refractivity contribution in [2.75, 3.05) is 23.5 Å². The smallest absolute Gasteiger partial charge is 0.268 e. The fourth-order valence-corrected chi connectivity index (χ4v) is 4.78. The molecule has 0 bridgehead atoms. The standard InChI is InChI=1S/C24H21Cl2N5O2/c1-2-4-14-9-16(10-15-11-27-8-7-17(14)15)29-24-28-12-18-22(30-24)33-13-31(23(18)32)21-19(25)5-3-6-20(21)26/h2-3,5-6,9-10,12,27H,1,4,7-8,11,13H2,(H,28,29,30). The number of aromatic nitrogens is 2. The van der Waals surface area contributed by atoms with Crippen molar-refractivity contribution in [1.82, 2.24) is 15.3 Å². The van der Waals surface area contributed by atoms with Gasteiger partial charge in [0.25, 0.3) is 5.91 Å². The van der Waals surface area contributed by atoms with Crippen LogP contribution in [0.15, 0.2) is 49.2 Å². The molecular weight excluding hydrogens is 461 g/mol. The number of anilines is 3. The van der Waals surface area contributed by atoms with Crippen molar-refractivity contribution in [3.8, 4) is 5.88 Å². The summed E-state index contributed by atoms with van der Waals surface area (Å²) < 4.78 is 5.78. The molecule has 0 fully saturated rings. The number of hydrogen-bond acceptors (Lipinski definition) is 6. The first-order chi connectivity index (χ1) is 16.0. The predicted octanol–water partition coefficient (Wildman–Crippen LogP) is 4.90. The first kappa shape index (κ1) is 21.7. The van der Waals surface area contributed by atoms with E-state index in [0.717, 1.165) is 31.6 Å². The summed E-state index contributed by atoms with van der Waals surface area (Å²) in [5.41, 5.74) is 5.38. The second kappa shape index (κ2) is 9.02. The molecule has 2 aliphatic heterocycles. The van der Waals surface area contributed by atoms with Gasteiger partial charge in [-0.1, -0.05) is 35.3 Å². The second-order valence-corrected chi connectivity index (χ2v) is 8.62. The summed E-state index contributed by atoms with van der Waals surface area (Å²) >= 11 is 12.5. The molecule has 2 N–H and O–H groups in total. The number of ether oxygens (including phenoxy) is 1. The van der Waals surface area contributed by atoms with Crippen molar-refractivity contribution in [3.05, 3.63) is 81.5 Å². The molecule has 5 rings (SSSR count). The van der Waals surface area contributed by atoms with Gasteiger partial charge in [0.2, 0.25) is 11.8 Å². The molecule has 2 aliphatic rings. The number of carbonyl (C=O) groups excluding carboxylic acids is 1. The number of allylic oxidation sites excluding steroid dienone is 1. The van der Waals surface area contributed by atoms with Crippen LogP contribution in [0.2, 0.25) is 10.0 Å². The first-order valence-electron chi connectivity index (χ1n) is 10.5. The van der Waals surface area contributed by atoms with Gasteiger partial charge < -0.3 is 15.4 Å². The molecule has 1 aromatic heterocycles. The molecule has 2 aromatic carbocycles. The summed E-state index contributed by atoms with van der Waals surface area (Å²) in [4.78, 5) is 23.2. The van der Waals surface area contributed by atoms with E-state index < -0.39 is 0 Å². The van der Waals surface area contributed by atoms with Crippen LogP contribution in [0.5, 0.6) is 5.88 Å². The van der Waals surface area contributed by atoms with Gasteiger partial charge in [-0.25, -0.2) is 4.98 Å². The highest BCUT2D eigenvalue weighted by Gasteiger charge is 2.31. The van der Waals surface area contributed by atoms with Gasteiger partial charge in [-0.2, -0.15) is 4.98 Å².